The molecule has 0 saturated carbocycles. The standard InChI is InChI=1S/C16H7BrF4N2O/c17-16-11(7-24)15(10-5-8(18)1-3-12(10)19)22-23(16)9-2-4-13(20)14(21)6-9/h1-7H. The Morgan fingerprint density at radius 1 is 0.958 bits per heavy atom. The van der Waals surface area contributed by atoms with Crippen molar-refractivity contribution in [2.24, 2.45) is 0 Å². The Balaban J connectivity index is 2.24. The van der Waals surface area contributed by atoms with Crippen molar-refractivity contribution in [1.82, 2.24) is 9.78 Å². The first kappa shape index (κ1) is 16.4. The summed E-state index contributed by atoms with van der Waals surface area (Å²) in [5, 5.41) is 4.04. The highest BCUT2D eigenvalue weighted by Crippen LogP contribution is 2.32. The highest BCUT2D eigenvalue weighted by atomic mass is 79.9. The van der Waals surface area contributed by atoms with Crippen LogP contribution in [0.3, 0.4) is 0 Å². The van der Waals surface area contributed by atoms with Crippen molar-refractivity contribution in [1.29, 1.82) is 0 Å². The summed E-state index contributed by atoms with van der Waals surface area (Å²) in [4.78, 5) is 11.3. The second kappa shape index (κ2) is 6.20. The fraction of sp³-hybridized carbons (Fsp3) is 0. The Bertz CT molecular complexity index is 955. The van der Waals surface area contributed by atoms with E-state index in [2.05, 4.69) is 21.0 Å². The van der Waals surface area contributed by atoms with Crippen molar-refractivity contribution in [2.45, 2.75) is 0 Å². The van der Waals surface area contributed by atoms with Crippen LogP contribution in [0.25, 0.3) is 16.9 Å². The lowest BCUT2D eigenvalue weighted by molar-refractivity contribution is 0.112. The quantitative estimate of drug-likeness (QED) is 0.474. The summed E-state index contributed by atoms with van der Waals surface area (Å²) in [6.07, 6.45) is 0.410. The van der Waals surface area contributed by atoms with Crippen LogP contribution in [0.4, 0.5) is 17.6 Å². The molecule has 0 aliphatic carbocycles. The van der Waals surface area contributed by atoms with Gasteiger partial charge in [0.05, 0.1) is 11.3 Å². The van der Waals surface area contributed by atoms with Crippen molar-refractivity contribution < 1.29 is 22.4 Å². The molecule has 3 rings (SSSR count). The van der Waals surface area contributed by atoms with Gasteiger partial charge in [-0.3, -0.25) is 4.79 Å². The molecule has 0 unspecified atom stereocenters. The van der Waals surface area contributed by atoms with E-state index in [9.17, 15) is 22.4 Å². The third-order valence-electron chi connectivity index (χ3n) is 3.31. The van der Waals surface area contributed by atoms with E-state index in [0.29, 0.717) is 6.29 Å². The Morgan fingerprint density at radius 3 is 2.33 bits per heavy atom. The van der Waals surface area contributed by atoms with Crippen molar-refractivity contribution in [3.05, 3.63) is 69.8 Å². The molecule has 24 heavy (non-hydrogen) atoms. The number of carbonyl (C=O) groups is 1. The number of aldehydes is 1. The molecule has 1 aromatic heterocycles. The van der Waals surface area contributed by atoms with E-state index in [4.69, 9.17) is 0 Å². The van der Waals surface area contributed by atoms with Crippen LogP contribution in [0.2, 0.25) is 0 Å². The molecule has 0 fully saturated rings. The van der Waals surface area contributed by atoms with Gasteiger partial charge in [-0.05, 0) is 46.3 Å². The molecule has 0 amide bonds. The van der Waals surface area contributed by atoms with E-state index in [0.717, 1.165) is 35.0 Å². The largest absolute Gasteiger partial charge is 0.298 e. The first-order chi connectivity index (χ1) is 11.4. The molecule has 3 aromatic rings. The minimum atomic E-state index is -1.11. The maximum atomic E-state index is 14.0. The first-order valence-corrected chi connectivity index (χ1v) is 7.36. The maximum Gasteiger partial charge on any atom is 0.160 e. The summed E-state index contributed by atoms with van der Waals surface area (Å²) in [5.41, 5.74) is -0.297. The van der Waals surface area contributed by atoms with Gasteiger partial charge in [-0.25, -0.2) is 22.2 Å². The van der Waals surface area contributed by atoms with Crippen LogP contribution in [0, 0.1) is 23.3 Å². The molecule has 0 aliphatic heterocycles. The maximum absolute atomic E-state index is 14.0. The number of halogens is 5. The predicted molar refractivity (Wildman–Crippen MR) is 81.9 cm³/mol. The number of nitrogens with zero attached hydrogens (tertiary/aromatic N) is 2. The van der Waals surface area contributed by atoms with Crippen LogP contribution in [0.5, 0.6) is 0 Å². The summed E-state index contributed by atoms with van der Waals surface area (Å²) in [7, 11) is 0. The molecule has 8 heteroatoms. The molecule has 0 radical (unpaired) electrons. The van der Waals surface area contributed by atoms with Gasteiger partial charge in [0.15, 0.2) is 17.9 Å². The number of aromatic nitrogens is 2. The lowest BCUT2D eigenvalue weighted by Gasteiger charge is -2.04. The lowest BCUT2D eigenvalue weighted by atomic mass is 10.1. The molecular weight excluding hydrogens is 392 g/mol. The third-order valence-corrected chi connectivity index (χ3v) is 4.08. The minimum Gasteiger partial charge on any atom is -0.298 e. The van der Waals surface area contributed by atoms with Gasteiger partial charge in [-0.1, -0.05) is 0 Å². The van der Waals surface area contributed by atoms with E-state index < -0.39 is 23.3 Å². The summed E-state index contributed by atoms with van der Waals surface area (Å²) >= 11 is 3.12. The zero-order chi connectivity index (χ0) is 17.4. The van der Waals surface area contributed by atoms with E-state index in [1.54, 1.807) is 0 Å². The molecule has 0 aliphatic rings. The number of hydrogen-bond acceptors (Lipinski definition) is 2. The molecule has 122 valence electrons. The molecule has 3 nitrogen and oxygen atoms in total. The summed E-state index contributed by atoms with van der Waals surface area (Å²) < 4.78 is 55.0. The van der Waals surface area contributed by atoms with Gasteiger partial charge in [0.1, 0.15) is 21.9 Å². The average molecular weight is 399 g/mol. The van der Waals surface area contributed by atoms with Gasteiger partial charge in [0, 0.05) is 11.6 Å². The highest BCUT2D eigenvalue weighted by Gasteiger charge is 2.21. The number of rotatable bonds is 3. The van der Waals surface area contributed by atoms with Gasteiger partial charge in [0.25, 0.3) is 0 Å². The summed E-state index contributed by atoms with van der Waals surface area (Å²) in [5.74, 6) is -3.64. The van der Waals surface area contributed by atoms with Crippen LogP contribution < -0.4 is 0 Å². The number of hydrogen-bond donors (Lipinski definition) is 0. The Labute approximate surface area is 141 Å². The SMILES string of the molecule is O=Cc1c(-c2cc(F)ccc2F)nn(-c2ccc(F)c(F)c2)c1Br. The van der Waals surface area contributed by atoms with Crippen LogP contribution in [0.1, 0.15) is 10.4 Å². The van der Waals surface area contributed by atoms with Crippen molar-refractivity contribution in [2.75, 3.05) is 0 Å². The van der Waals surface area contributed by atoms with Crippen molar-refractivity contribution >= 4 is 22.2 Å². The molecule has 0 spiro atoms. The van der Waals surface area contributed by atoms with Gasteiger partial charge in [0.2, 0.25) is 0 Å². The molecule has 0 N–H and O–H groups in total. The second-order valence-electron chi connectivity index (χ2n) is 4.81. The normalized spacial score (nSPS) is 10.9. The monoisotopic (exact) mass is 398 g/mol. The van der Waals surface area contributed by atoms with Gasteiger partial charge in [-0.15, -0.1) is 0 Å². The van der Waals surface area contributed by atoms with Crippen molar-refractivity contribution in [3.63, 3.8) is 0 Å². The molecule has 0 bridgehead atoms. The first-order valence-electron chi connectivity index (χ1n) is 6.57. The van der Waals surface area contributed by atoms with E-state index in [-0.39, 0.29) is 27.1 Å². The van der Waals surface area contributed by atoms with Gasteiger partial charge in [-0.2, -0.15) is 5.10 Å². The number of carbonyl (C=O) groups excluding carboxylic acids is 1. The van der Waals surface area contributed by atoms with Crippen molar-refractivity contribution in [3.8, 4) is 16.9 Å². The van der Waals surface area contributed by atoms with E-state index in [1.165, 1.54) is 6.07 Å². The average Bonchev–Trinajstić information content (AvgIpc) is 2.89. The van der Waals surface area contributed by atoms with Crippen LogP contribution >= 0.6 is 15.9 Å². The van der Waals surface area contributed by atoms with Gasteiger partial charge >= 0.3 is 0 Å². The topological polar surface area (TPSA) is 34.9 Å². The smallest absolute Gasteiger partial charge is 0.160 e. The van der Waals surface area contributed by atoms with Crippen LogP contribution in [-0.4, -0.2) is 16.1 Å². The third kappa shape index (κ3) is 2.73. The fourth-order valence-electron chi connectivity index (χ4n) is 2.18. The molecular formula is C16H7BrF4N2O. The minimum absolute atomic E-state index is 0.0516. The zero-order valence-electron chi connectivity index (χ0n) is 11.7. The van der Waals surface area contributed by atoms with Crippen LogP contribution in [-0.2, 0) is 0 Å². The fourth-order valence-corrected chi connectivity index (χ4v) is 2.75. The molecule has 1 heterocycles. The van der Waals surface area contributed by atoms with Gasteiger partial charge < -0.3 is 0 Å². The Kier molecular flexibility index (Phi) is 4.23. The van der Waals surface area contributed by atoms with E-state index >= 15 is 0 Å². The van der Waals surface area contributed by atoms with E-state index in [1.807, 2.05) is 0 Å². The molecule has 0 atom stereocenters. The second-order valence-corrected chi connectivity index (χ2v) is 5.56. The summed E-state index contributed by atoms with van der Waals surface area (Å²) in [6.45, 7) is 0. The highest BCUT2D eigenvalue weighted by molar-refractivity contribution is 9.10. The summed E-state index contributed by atoms with van der Waals surface area (Å²) in [6, 6.07) is 5.73. The Morgan fingerprint density at radius 2 is 1.67 bits per heavy atom. The molecule has 0 saturated heterocycles. The Hall–Kier alpha value is -2.48. The number of benzene rings is 2. The van der Waals surface area contributed by atoms with Crippen LogP contribution in [0.15, 0.2) is 41.0 Å². The lowest BCUT2D eigenvalue weighted by Crippen LogP contribution is -1.99. The zero-order valence-corrected chi connectivity index (χ0v) is 13.3. The molecule has 2 aromatic carbocycles. The predicted octanol–water partition coefficient (Wildman–Crippen LogP) is 4.67.